The number of piperidine rings is 1. The zero-order valence-electron chi connectivity index (χ0n) is 14.0. The first-order valence-corrected chi connectivity index (χ1v) is 8.53. The molecular weight excluding hydrogens is 304 g/mol. The SMILES string of the molecule is CCNC(=O)NC(=O)CN1CCC(c2c[nH]c3ccccc23)CC1. The van der Waals surface area contributed by atoms with Gasteiger partial charge in [-0.3, -0.25) is 15.0 Å². The van der Waals surface area contributed by atoms with Crippen LogP contribution in [0.2, 0.25) is 0 Å². The van der Waals surface area contributed by atoms with E-state index >= 15 is 0 Å². The van der Waals surface area contributed by atoms with Gasteiger partial charge in [-0.15, -0.1) is 0 Å². The molecule has 24 heavy (non-hydrogen) atoms. The Bertz CT molecular complexity index is 717. The van der Waals surface area contributed by atoms with E-state index in [1.54, 1.807) is 0 Å². The van der Waals surface area contributed by atoms with Crippen molar-refractivity contribution >= 4 is 22.8 Å². The minimum Gasteiger partial charge on any atom is -0.361 e. The number of hydrogen-bond acceptors (Lipinski definition) is 3. The third-order valence-corrected chi connectivity index (χ3v) is 4.61. The minimum absolute atomic E-state index is 0.244. The van der Waals surface area contributed by atoms with Gasteiger partial charge in [0.1, 0.15) is 0 Å². The maximum atomic E-state index is 11.9. The monoisotopic (exact) mass is 328 g/mol. The Balaban J connectivity index is 1.52. The van der Waals surface area contributed by atoms with Crippen LogP contribution in [0.1, 0.15) is 31.2 Å². The molecule has 0 bridgehead atoms. The molecule has 6 nitrogen and oxygen atoms in total. The number of hydrogen-bond donors (Lipinski definition) is 3. The number of carbonyl (C=O) groups is 2. The van der Waals surface area contributed by atoms with Crippen LogP contribution in [0.25, 0.3) is 10.9 Å². The summed E-state index contributed by atoms with van der Waals surface area (Å²) in [6, 6.07) is 7.95. The van der Waals surface area contributed by atoms with Gasteiger partial charge >= 0.3 is 6.03 Å². The first-order valence-electron chi connectivity index (χ1n) is 8.53. The van der Waals surface area contributed by atoms with E-state index in [4.69, 9.17) is 0 Å². The van der Waals surface area contributed by atoms with E-state index in [1.807, 2.05) is 13.0 Å². The molecule has 0 unspecified atom stereocenters. The predicted octanol–water partition coefficient (Wildman–Crippen LogP) is 2.19. The molecule has 1 aliphatic heterocycles. The quantitative estimate of drug-likeness (QED) is 0.805. The van der Waals surface area contributed by atoms with E-state index in [-0.39, 0.29) is 12.5 Å². The zero-order chi connectivity index (χ0) is 16.9. The average molecular weight is 328 g/mol. The lowest BCUT2D eigenvalue weighted by atomic mass is 9.89. The summed E-state index contributed by atoms with van der Waals surface area (Å²) in [5.41, 5.74) is 2.55. The van der Waals surface area contributed by atoms with E-state index in [0.29, 0.717) is 12.5 Å². The second-order valence-corrected chi connectivity index (χ2v) is 6.25. The van der Waals surface area contributed by atoms with Gasteiger partial charge in [-0.05, 0) is 50.4 Å². The molecule has 1 aromatic heterocycles. The molecule has 6 heteroatoms. The first kappa shape index (κ1) is 16.5. The number of amides is 3. The van der Waals surface area contributed by atoms with Gasteiger partial charge in [0, 0.05) is 23.6 Å². The van der Waals surface area contributed by atoms with Crippen molar-refractivity contribution in [3.63, 3.8) is 0 Å². The van der Waals surface area contributed by atoms with Gasteiger partial charge < -0.3 is 10.3 Å². The number of carbonyl (C=O) groups excluding carboxylic acids is 2. The Morgan fingerprint density at radius 1 is 1.25 bits per heavy atom. The highest BCUT2D eigenvalue weighted by Gasteiger charge is 2.24. The third kappa shape index (κ3) is 3.76. The van der Waals surface area contributed by atoms with Gasteiger partial charge in [0.05, 0.1) is 6.54 Å². The Morgan fingerprint density at radius 3 is 2.75 bits per heavy atom. The number of H-pyrrole nitrogens is 1. The van der Waals surface area contributed by atoms with Gasteiger partial charge in [0.25, 0.3) is 0 Å². The highest BCUT2D eigenvalue weighted by molar-refractivity contribution is 5.95. The summed E-state index contributed by atoms with van der Waals surface area (Å²) in [6.45, 7) is 4.34. The van der Waals surface area contributed by atoms with E-state index in [0.717, 1.165) is 25.9 Å². The van der Waals surface area contributed by atoms with Crippen molar-refractivity contribution in [2.24, 2.45) is 0 Å². The van der Waals surface area contributed by atoms with E-state index in [2.05, 4.69) is 44.9 Å². The molecule has 1 fully saturated rings. The van der Waals surface area contributed by atoms with Crippen LogP contribution < -0.4 is 10.6 Å². The van der Waals surface area contributed by atoms with Gasteiger partial charge in [0.2, 0.25) is 5.91 Å². The Labute approximate surface area is 141 Å². The van der Waals surface area contributed by atoms with Gasteiger partial charge in [-0.2, -0.15) is 0 Å². The molecule has 0 atom stereocenters. The number of rotatable bonds is 4. The second kappa shape index (κ2) is 7.49. The lowest BCUT2D eigenvalue weighted by Crippen LogP contribution is -2.46. The van der Waals surface area contributed by atoms with E-state index < -0.39 is 6.03 Å². The molecule has 3 rings (SSSR count). The summed E-state index contributed by atoms with van der Waals surface area (Å²) in [5.74, 6) is 0.273. The number of nitrogens with one attached hydrogen (secondary N) is 3. The predicted molar refractivity (Wildman–Crippen MR) is 93.9 cm³/mol. The van der Waals surface area contributed by atoms with Crippen molar-refractivity contribution in [3.05, 3.63) is 36.0 Å². The molecule has 0 saturated carbocycles. The molecule has 3 amide bonds. The van der Waals surface area contributed by atoms with Crippen molar-refractivity contribution in [3.8, 4) is 0 Å². The average Bonchev–Trinajstić information content (AvgIpc) is 2.99. The number of aromatic amines is 1. The number of aromatic nitrogens is 1. The van der Waals surface area contributed by atoms with Crippen molar-refractivity contribution in [2.75, 3.05) is 26.2 Å². The molecule has 3 N–H and O–H groups in total. The van der Waals surface area contributed by atoms with Crippen molar-refractivity contribution < 1.29 is 9.59 Å². The van der Waals surface area contributed by atoms with Crippen LogP contribution in [0.15, 0.2) is 30.5 Å². The number of nitrogens with zero attached hydrogens (tertiary/aromatic N) is 1. The maximum Gasteiger partial charge on any atom is 0.321 e. The number of fused-ring (bicyclic) bond motifs is 1. The molecule has 0 radical (unpaired) electrons. The number of imide groups is 1. The molecule has 0 spiro atoms. The summed E-state index contributed by atoms with van der Waals surface area (Å²) < 4.78 is 0. The highest BCUT2D eigenvalue weighted by Crippen LogP contribution is 2.32. The zero-order valence-corrected chi connectivity index (χ0v) is 14.0. The van der Waals surface area contributed by atoms with Gasteiger partial charge in [0.15, 0.2) is 0 Å². The van der Waals surface area contributed by atoms with Gasteiger partial charge in [-0.25, -0.2) is 4.79 Å². The summed E-state index contributed by atoms with van der Waals surface area (Å²) >= 11 is 0. The van der Waals surface area contributed by atoms with Crippen LogP contribution in [-0.4, -0.2) is 48.0 Å². The molecule has 1 aromatic carbocycles. The Hall–Kier alpha value is -2.34. The minimum atomic E-state index is -0.420. The third-order valence-electron chi connectivity index (χ3n) is 4.61. The van der Waals surface area contributed by atoms with Crippen molar-refractivity contribution in [2.45, 2.75) is 25.7 Å². The standard InChI is InChI=1S/C18H24N4O2/c1-2-19-18(24)21-17(23)12-22-9-7-13(8-10-22)15-11-20-16-6-4-3-5-14(15)16/h3-6,11,13,20H,2,7-10,12H2,1H3,(H2,19,21,23,24). The highest BCUT2D eigenvalue weighted by atomic mass is 16.2. The lowest BCUT2D eigenvalue weighted by Gasteiger charge is -2.31. The lowest BCUT2D eigenvalue weighted by molar-refractivity contribution is -0.121. The largest absolute Gasteiger partial charge is 0.361 e. The molecular formula is C18H24N4O2. The van der Waals surface area contributed by atoms with Crippen molar-refractivity contribution in [1.29, 1.82) is 0 Å². The molecule has 2 aromatic rings. The van der Waals surface area contributed by atoms with E-state index in [9.17, 15) is 9.59 Å². The maximum absolute atomic E-state index is 11.9. The van der Waals surface area contributed by atoms with Crippen molar-refractivity contribution in [1.82, 2.24) is 20.5 Å². The number of para-hydroxylation sites is 1. The molecule has 2 heterocycles. The fourth-order valence-electron chi connectivity index (χ4n) is 3.41. The summed E-state index contributed by atoms with van der Waals surface area (Å²) in [7, 11) is 0. The van der Waals surface area contributed by atoms with Crippen LogP contribution in [0.3, 0.4) is 0 Å². The van der Waals surface area contributed by atoms with Crippen LogP contribution in [0, 0.1) is 0 Å². The van der Waals surface area contributed by atoms with Gasteiger partial charge in [-0.1, -0.05) is 18.2 Å². The van der Waals surface area contributed by atoms with E-state index in [1.165, 1.54) is 16.5 Å². The second-order valence-electron chi connectivity index (χ2n) is 6.25. The number of likely N-dealkylation sites (tertiary alicyclic amines) is 1. The summed E-state index contributed by atoms with van der Waals surface area (Å²) in [4.78, 5) is 28.7. The summed E-state index contributed by atoms with van der Waals surface area (Å²) in [6.07, 6.45) is 4.17. The fourth-order valence-corrected chi connectivity index (χ4v) is 3.41. The normalized spacial score (nSPS) is 16.2. The summed E-state index contributed by atoms with van der Waals surface area (Å²) in [5, 5.41) is 6.22. The number of urea groups is 1. The molecule has 0 aliphatic carbocycles. The first-order chi connectivity index (χ1) is 11.7. The topological polar surface area (TPSA) is 77.2 Å². The molecule has 1 saturated heterocycles. The van der Waals surface area contributed by atoms with Crippen LogP contribution >= 0.6 is 0 Å². The Morgan fingerprint density at radius 2 is 2.00 bits per heavy atom. The smallest absolute Gasteiger partial charge is 0.321 e. The van der Waals surface area contributed by atoms with Crippen LogP contribution in [0.4, 0.5) is 4.79 Å². The fraction of sp³-hybridized carbons (Fsp3) is 0.444. The Kier molecular flexibility index (Phi) is 5.15. The molecule has 1 aliphatic rings. The van der Waals surface area contributed by atoms with Crippen LogP contribution in [-0.2, 0) is 4.79 Å². The number of benzene rings is 1. The van der Waals surface area contributed by atoms with Crippen LogP contribution in [0.5, 0.6) is 0 Å². The molecule has 128 valence electrons.